The Bertz CT molecular complexity index is 1020. The molecule has 2 saturated heterocycles. The van der Waals surface area contributed by atoms with Crippen molar-refractivity contribution >= 4 is 27.6 Å². The number of amides is 2. The number of carbonyl (C=O) groups is 3. The molecule has 0 spiro atoms. The maximum atomic E-state index is 13.4. The Balaban J connectivity index is 1.95. The van der Waals surface area contributed by atoms with E-state index in [0.29, 0.717) is 5.56 Å². The first-order chi connectivity index (χ1) is 14.2. The van der Waals surface area contributed by atoms with Crippen LogP contribution >= 0.6 is 0 Å². The van der Waals surface area contributed by atoms with E-state index < -0.39 is 55.5 Å². The molecule has 2 aliphatic heterocycles. The van der Waals surface area contributed by atoms with Gasteiger partial charge in [-0.3, -0.25) is 9.59 Å². The highest BCUT2D eigenvalue weighted by Gasteiger charge is 2.81. The van der Waals surface area contributed by atoms with Crippen molar-refractivity contribution in [3.8, 4) is 0 Å². The number of halogens is 3. The van der Waals surface area contributed by atoms with Crippen molar-refractivity contribution in [3.63, 3.8) is 0 Å². The molecule has 1 unspecified atom stereocenters. The minimum absolute atomic E-state index is 0.179. The number of nitrogens with zero attached hydrogens (tertiary/aromatic N) is 1. The smallest absolute Gasteiger partial charge is 0.459 e. The van der Waals surface area contributed by atoms with Crippen molar-refractivity contribution in [2.45, 2.75) is 61.7 Å². The van der Waals surface area contributed by atoms with Gasteiger partial charge in [-0.2, -0.15) is 13.2 Å². The average Bonchev–Trinajstić information content (AvgIpc) is 2.82. The molecule has 170 valence electrons. The highest BCUT2D eigenvalue weighted by molar-refractivity contribution is 7.94. The van der Waals surface area contributed by atoms with E-state index in [0.717, 1.165) is 4.90 Å². The van der Waals surface area contributed by atoms with Crippen LogP contribution in [-0.4, -0.2) is 59.0 Å². The van der Waals surface area contributed by atoms with Gasteiger partial charge < -0.3 is 15.0 Å². The van der Waals surface area contributed by atoms with Gasteiger partial charge in [0.05, 0.1) is 0 Å². The van der Waals surface area contributed by atoms with Crippen LogP contribution in [0.2, 0.25) is 0 Å². The maximum absolute atomic E-state index is 13.4. The van der Waals surface area contributed by atoms with Gasteiger partial charge in [0.2, 0.25) is 0 Å². The molecule has 8 nitrogen and oxygen atoms in total. The summed E-state index contributed by atoms with van der Waals surface area (Å²) in [5, 5.41) is 1.49. The fourth-order valence-corrected chi connectivity index (χ4v) is 7.00. The molecule has 2 amide bonds. The lowest BCUT2D eigenvalue weighted by Gasteiger charge is -2.52. The second kappa shape index (κ2) is 7.21. The largest absolute Gasteiger partial charge is 0.471 e. The molecule has 1 N–H and O–H groups in total. The Morgan fingerprint density at radius 2 is 1.77 bits per heavy atom. The molecule has 31 heavy (non-hydrogen) atoms. The fourth-order valence-electron chi connectivity index (χ4n) is 4.28. The normalized spacial score (nSPS) is 28.5. The molecule has 3 rings (SSSR count). The SMILES string of the molecule is CCC12[C@H](NC(=O)C(F)(F)F)C(=O)N1[C@@H](C(=O)OCc1ccccc1)C(C)(C)S2(=O)=O. The molecular weight excluding hydrogens is 441 g/mol. The third kappa shape index (κ3) is 3.10. The Labute approximate surface area is 176 Å². The van der Waals surface area contributed by atoms with Crippen LogP contribution in [0.15, 0.2) is 30.3 Å². The molecule has 2 fully saturated rings. The highest BCUT2D eigenvalue weighted by atomic mass is 32.2. The number of sulfone groups is 1. The number of alkyl halides is 3. The van der Waals surface area contributed by atoms with Gasteiger partial charge in [0.1, 0.15) is 17.4 Å². The molecule has 1 aromatic carbocycles. The van der Waals surface area contributed by atoms with E-state index in [1.165, 1.54) is 26.1 Å². The average molecular weight is 462 g/mol. The van der Waals surface area contributed by atoms with Crippen molar-refractivity contribution in [2.75, 3.05) is 0 Å². The van der Waals surface area contributed by atoms with Crippen LogP contribution in [0.1, 0.15) is 32.8 Å². The number of benzene rings is 1. The van der Waals surface area contributed by atoms with Crippen molar-refractivity contribution in [2.24, 2.45) is 0 Å². The summed E-state index contributed by atoms with van der Waals surface area (Å²) in [5.74, 6) is -4.52. The third-order valence-corrected chi connectivity index (χ3v) is 9.16. The van der Waals surface area contributed by atoms with Gasteiger partial charge in [-0.15, -0.1) is 0 Å². The maximum Gasteiger partial charge on any atom is 0.471 e. The molecule has 2 heterocycles. The van der Waals surface area contributed by atoms with Gasteiger partial charge >= 0.3 is 18.1 Å². The lowest BCUT2D eigenvalue weighted by Crippen LogP contribution is -2.80. The molecule has 0 saturated carbocycles. The molecule has 0 bridgehead atoms. The Morgan fingerprint density at radius 1 is 1.19 bits per heavy atom. The van der Waals surface area contributed by atoms with Crippen molar-refractivity contribution in [3.05, 3.63) is 35.9 Å². The molecule has 0 aromatic heterocycles. The summed E-state index contributed by atoms with van der Waals surface area (Å²) in [7, 11) is -4.41. The Morgan fingerprint density at radius 3 is 2.29 bits per heavy atom. The first-order valence-corrected chi connectivity index (χ1v) is 10.9. The quantitative estimate of drug-likeness (QED) is 0.522. The van der Waals surface area contributed by atoms with Gasteiger partial charge in [-0.05, 0) is 25.8 Å². The van der Waals surface area contributed by atoms with Crippen LogP contribution < -0.4 is 5.32 Å². The number of β-lactam (4-membered cyclic amide) rings is 1. The van der Waals surface area contributed by atoms with E-state index in [1.54, 1.807) is 30.3 Å². The van der Waals surface area contributed by atoms with E-state index in [-0.39, 0.29) is 13.0 Å². The Kier molecular flexibility index (Phi) is 5.36. The lowest BCUT2D eigenvalue weighted by molar-refractivity contribution is -0.183. The highest BCUT2D eigenvalue weighted by Crippen LogP contribution is 2.55. The second-order valence-corrected chi connectivity index (χ2v) is 10.7. The number of esters is 1. The third-order valence-electron chi connectivity index (χ3n) is 5.90. The fraction of sp³-hybridized carbons (Fsp3) is 0.526. The molecular formula is C19H21F3N2O6S. The van der Waals surface area contributed by atoms with Crippen LogP contribution in [0.25, 0.3) is 0 Å². The topological polar surface area (TPSA) is 110 Å². The minimum atomic E-state index is -5.30. The number of rotatable bonds is 5. The lowest BCUT2D eigenvalue weighted by atomic mass is 9.86. The van der Waals surface area contributed by atoms with Crippen molar-refractivity contribution in [1.29, 1.82) is 0 Å². The summed E-state index contributed by atoms with van der Waals surface area (Å²) in [6, 6.07) is 5.00. The van der Waals surface area contributed by atoms with Gasteiger partial charge in [-0.1, -0.05) is 37.3 Å². The van der Waals surface area contributed by atoms with Gasteiger partial charge in [0, 0.05) is 0 Å². The summed E-state index contributed by atoms with van der Waals surface area (Å²) in [6.07, 6.45) is -5.63. The number of fused-ring (bicyclic) bond motifs is 1. The zero-order valence-electron chi connectivity index (χ0n) is 16.9. The predicted octanol–water partition coefficient (Wildman–Crippen LogP) is 1.30. The van der Waals surface area contributed by atoms with E-state index in [2.05, 4.69) is 0 Å². The van der Waals surface area contributed by atoms with E-state index in [1.807, 2.05) is 0 Å². The van der Waals surface area contributed by atoms with Gasteiger partial charge in [-0.25, -0.2) is 13.2 Å². The minimum Gasteiger partial charge on any atom is -0.459 e. The van der Waals surface area contributed by atoms with Crippen LogP contribution in [0.5, 0.6) is 0 Å². The van der Waals surface area contributed by atoms with E-state index in [4.69, 9.17) is 4.74 Å². The summed E-state index contributed by atoms with van der Waals surface area (Å²) >= 11 is 0. The zero-order valence-corrected chi connectivity index (χ0v) is 17.7. The monoisotopic (exact) mass is 462 g/mol. The Hall–Kier alpha value is -2.63. The number of hydrogen-bond acceptors (Lipinski definition) is 6. The summed E-state index contributed by atoms with van der Waals surface area (Å²) in [4.78, 5) is 35.5. The number of hydrogen-bond donors (Lipinski definition) is 1. The van der Waals surface area contributed by atoms with Crippen LogP contribution in [0, 0.1) is 0 Å². The second-order valence-electron chi connectivity index (χ2n) is 7.91. The number of nitrogens with one attached hydrogen (secondary N) is 1. The van der Waals surface area contributed by atoms with Crippen molar-refractivity contribution in [1.82, 2.24) is 10.2 Å². The van der Waals surface area contributed by atoms with Crippen LogP contribution in [-0.2, 0) is 35.6 Å². The standard InChI is InChI=1S/C19H21F3N2O6S/c1-4-18-12(23-16(27)19(20,21)22)14(25)24(18)13(17(2,3)31(18,28)29)15(26)30-10-11-8-6-5-7-9-11/h5-9,12-13H,4,10H2,1-3H3,(H,23,27)/t12-,13+,18?/m1/s1. The molecule has 0 aliphatic carbocycles. The molecule has 0 radical (unpaired) electrons. The summed E-state index contributed by atoms with van der Waals surface area (Å²) in [5.41, 5.74) is 0.626. The van der Waals surface area contributed by atoms with Crippen LogP contribution in [0.4, 0.5) is 13.2 Å². The number of carbonyl (C=O) groups excluding carboxylic acids is 3. The first-order valence-electron chi connectivity index (χ1n) is 9.39. The van der Waals surface area contributed by atoms with E-state index >= 15 is 0 Å². The number of ether oxygens (including phenoxy) is 1. The van der Waals surface area contributed by atoms with Crippen molar-refractivity contribution < 1.29 is 40.7 Å². The molecule has 2 aliphatic rings. The van der Waals surface area contributed by atoms with Gasteiger partial charge in [0.25, 0.3) is 5.91 Å². The molecule has 3 atom stereocenters. The van der Waals surface area contributed by atoms with Gasteiger partial charge in [0.15, 0.2) is 20.8 Å². The molecule has 1 aromatic rings. The van der Waals surface area contributed by atoms with Crippen LogP contribution in [0.3, 0.4) is 0 Å². The van der Waals surface area contributed by atoms with E-state index in [9.17, 15) is 36.0 Å². The molecule has 12 heteroatoms. The first kappa shape index (κ1) is 23.0. The summed E-state index contributed by atoms with van der Waals surface area (Å²) < 4.78 is 68.3. The zero-order chi connectivity index (χ0) is 23.4. The summed E-state index contributed by atoms with van der Waals surface area (Å²) in [6.45, 7) is 3.60. The predicted molar refractivity (Wildman–Crippen MR) is 101 cm³/mol.